The van der Waals surface area contributed by atoms with Crippen molar-refractivity contribution in [2.45, 2.75) is 39.0 Å². The van der Waals surface area contributed by atoms with Crippen LogP contribution in [0.4, 0.5) is 5.69 Å². The number of hydrogen-bond acceptors (Lipinski definition) is 3. The van der Waals surface area contributed by atoms with Crippen molar-refractivity contribution in [2.75, 3.05) is 25.6 Å². The Bertz CT molecular complexity index is 637. The summed E-state index contributed by atoms with van der Waals surface area (Å²) in [7, 11) is 1.75. The first-order valence-electron chi connectivity index (χ1n) is 8.01. The fraction of sp³-hybridized carbons (Fsp3) is 0.500. The van der Waals surface area contributed by atoms with Crippen LogP contribution >= 0.6 is 0 Å². The smallest absolute Gasteiger partial charge is 0.0759 e. The Kier molecular flexibility index (Phi) is 4.39. The number of methoxy groups -OCH3 is 1. The van der Waals surface area contributed by atoms with Gasteiger partial charge in [-0.1, -0.05) is 25.1 Å². The van der Waals surface area contributed by atoms with Crippen molar-refractivity contribution in [3.63, 3.8) is 0 Å². The van der Waals surface area contributed by atoms with Crippen LogP contribution < -0.4 is 5.32 Å². The van der Waals surface area contributed by atoms with Crippen LogP contribution in [-0.2, 0) is 24.0 Å². The van der Waals surface area contributed by atoms with Crippen LogP contribution in [0.25, 0.3) is 10.9 Å². The van der Waals surface area contributed by atoms with Gasteiger partial charge in [0, 0.05) is 30.4 Å². The van der Waals surface area contributed by atoms with E-state index < -0.39 is 0 Å². The molecule has 0 aliphatic heterocycles. The molecule has 0 bridgehead atoms. The quantitative estimate of drug-likeness (QED) is 0.877. The number of nitrogens with zero attached hydrogens (tertiary/aromatic N) is 1. The third-order valence-corrected chi connectivity index (χ3v) is 4.25. The molecule has 3 rings (SSSR count). The van der Waals surface area contributed by atoms with Crippen LogP contribution in [0.15, 0.2) is 18.2 Å². The largest absolute Gasteiger partial charge is 0.384 e. The lowest BCUT2D eigenvalue weighted by atomic mass is 10.0. The molecule has 2 aromatic rings. The summed E-state index contributed by atoms with van der Waals surface area (Å²) >= 11 is 0. The maximum Gasteiger partial charge on any atom is 0.0759 e. The monoisotopic (exact) mass is 284 g/mol. The Labute approximate surface area is 126 Å². The van der Waals surface area contributed by atoms with Crippen LogP contribution in [-0.4, -0.2) is 25.2 Å². The molecule has 1 aliphatic carbocycles. The van der Waals surface area contributed by atoms with E-state index in [9.17, 15) is 0 Å². The van der Waals surface area contributed by atoms with E-state index in [4.69, 9.17) is 9.72 Å². The number of nitrogens with one attached hydrogen (secondary N) is 1. The fourth-order valence-corrected chi connectivity index (χ4v) is 3.21. The highest BCUT2D eigenvalue weighted by molar-refractivity contribution is 5.95. The zero-order valence-corrected chi connectivity index (χ0v) is 13.0. The van der Waals surface area contributed by atoms with E-state index in [0.29, 0.717) is 0 Å². The summed E-state index contributed by atoms with van der Waals surface area (Å²) < 4.78 is 5.24. The van der Waals surface area contributed by atoms with E-state index in [1.165, 1.54) is 34.3 Å². The van der Waals surface area contributed by atoms with E-state index in [1.54, 1.807) is 7.11 Å². The highest BCUT2D eigenvalue weighted by atomic mass is 16.5. The van der Waals surface area contributed by atoms with Gasteiger partial charge >= 0.3 is 0 Å². The molecule has 0 radical (unpaired) electrons. The lowest BCUT2D eigenvalue weighted by Gasteiger charge is -2.16. The van der Waals surface area contributed by atoms with Gasteiger partial charge in [0.25, 0.3) is 0 Å². The second-order valence-corrected chi connectivity index (χ2v) is 5.75. The Hall–Kier alpha value is -1.61. The van der Waals surface area contributed by atoms with Crippen molar-refractivity contribution in [2.24, 2.45) is 0 Å². The maximum atomic E-state index is 5.24. The molecule has 0 atom stereocenters. The van der Waals surface area contributed by atoms with Crippen molar-refractivity contribution in [3.05, 3.63) is 35.0 Å². The maximum absolute atomic E-state index is 5.24. The summed E-state index contributed by atoms with van der Waals surface area (Å²) in [4.78, 5) is 4.98. The second-order valence-electron chi connectivity index (χ2n) is 5.75. The van der Waals surface area contributed by atoms with Gasteiger partial charge in [-0.2, -0.15) is 0 Å². The highest BCUT2D eigenvalue weighted by Gasteiger charge is 2.20. The number of pyridine rings is 1. The van der Waals surface area contributed by atoms with Gasteiger partial charge in [-0.15, -0.1) is 0 Å². The molecular weight excluding hydrogens is 260 g/mol. The van der Waals surface area contributed by atoms with Gasteiger partial charge in [-0.25, -0.2) is 0 Å². The highest BCUT2D eigenvalue weighted by Crippen LogP contribution is 2.35. The van der Waals surface area contributed by atoms with Crippen LogP contribution in [0.3, 0.4) is 0 Å². The molecule has 1 aromatic carbocycles. The molecule has 1 aromatic heterocycles. The minimum Gasteiger partial charge on any atom is -0.384 e. The number of rotatable bonds is 6. The van der Waals surface area contributed by atoms with Gasteiger partial charge in [-0.3, -0.25) is 4.98 Å². The number of anilines is 1. The normalized spacial score (nSPS) is 13.6. The predicted molar refractivity (Wildman–Crippen MR) is 88.1 cm³/mol. The Morgan fingerprint density at radius 2 is 2.19 bits per heavy atom. The molecule has 1 aliphatic rings. The van der Waals surface area contributed by atoms with Gasteiger partial charge in [0.05, 0.1) is 12.1 Å². The second kappa shape index (κ2) is 6.44. The first-order chi connectivity index (χ1) is 10.3. The van der Waals surface area contributed by atoms with E-state index in [0.717, 1.165) is 44.4 Å². The summed E-state index contributed by atoms with van der Waals surface area (Å²) in [5.41, 5.74) is 6.52. The zero-order chi connectivity index (χ0) is 14.7. The van der Waals surface area contributed by atoms with E-state index in [1.807, 2.05) is 0 Å². The van der Waals surface area contributed by atoms with Crippen molar-refractivity contribution in [1.82, 2.24) is 4.98 Å². The molecule has 3 nitrogen and oxygen atoms in total. The Morgan fingerprint density at radius 3 is 3.00 bits per heavy atom. The number of benzene rings is 1. The Morgan fingerprint density at radius 1 is 1.29 bits per heavy atom. The first kappa shape index (κ1) is 14.3. The number of hydrogen-bond donors (Lipinski definition) is 1. The summed E-state index contributed by atoms with van der Waals surface area (Å²) in [6.45, 7) is 3.98. The van der Waals surface area contributed by atoms with Crippen LogP contribution in [0.5, 0.6) is 0 Å². The molecule has 1 heterocycles. The summed E-state index contributed by atoms with van der Waals surface area (Å²) in [5, 5.41) is 4.93. The van der Waals surface area contributed by atoms with Crippen LogP contribution in [0.1, 0.15) is 36.6 Å². The molecule has 0 spiro atoms. The van der Waals surface area contributed by atoms with Crippen molar-refractivity contribution >= 4 is 16.6 Å². The number of aryl methyl sites for hydroxylation is 1. The summed E-state index contributed by atoms with van der Waals surface area (Å²) in [6.07, 6.45) is 5.57. The minimum absolute atomic E-state index is 0.746. The van der Waals surface area contributed by atoms with Crippen LogP contribution in [0.2, 0.25) is 0 Å². The molecule has 0 saturated carbocycles. The first-order valence-corrected chi connectivity index (χ1v) is 8.01. The number of ether oxygens (including phenoxy) is 1. The number of para-hydroxylation sites is 1. The molecule has 1 N–H and O–H groups in total. The van der Waals surface area contributed by atoms with Crippen molar-refractivity contribution in [3.8, 4) is 0 Å². The van der Waals surface area contributed by atoms with E-state index in [-0.39, 0.29) is 0 Å². The molecule has 0 saturated heterocycles. The third-order valence-electron chi connectivity index (χ3n) is 4.25. The molecule has 3 heteroatoms. The summed E-state index contributed by atoms with van der Waals surface area (Å²) in [6, 6.07) is 6.53. The van der Waals surface area contributed by atoms with E-state index >= 15 is 0 Å². The fourth-order valence-electron chi connectivity index (χ4n) is 3.21. The molecule has 21 heavy (non-hydrogen) atoms. The summed E-state index contributed by atoms with van der Waals surface area (Å²) in [5.74, 6) is 0. The predicted octanol–water partition coefficient (Wildman–Crippen LogP) is 3.73. The van der Waals surface area contributed by atoms with Gasteiger partial charge in [0.1, 0.15) is 0 Å². The van der Waals surface area contributed by atoms with E-state index in [2.05, 4.69) is 30.4 Å². The number of fused-ring (bicyclic) bond motifs is 2. The van der Waals surface area contributed by atoms with Crippen LogP contribution in [0, 0.1) is 0 Å². The standard InChI is InChI=1S/C18H24N2O/c1-3-11-19-18-14-7-5-9-16(14)20-17-13(10-12-21-2)6-4-8-15(17)18/h4,6,8H,3,5,7,9-12H2,1-2H3,(H,19,20). The van der Waals surface area contributed by atoms with Crippen molar-refractivity contribution < 1.29 is 4.74 Å². The third kappa shape index (κ3) is 2.75. The lowest BCUT2D eigenvalue weighted by Crippen LogP contribution is -2.06. The lowest BCUT2D eigenvalue weighted by molar-refractivity contribution is 0.202. The van der Waals surface area contributed by atoms with Gasteiger partial charge in [-0.05, 0) is 43.2 Å². The van der Waals surface area contributed by atoms with Gasteiger partial charge < -0.3 is 10.1 Å². The molecule has 0 fully saturated rings. The topological polar surface area (TPSA) is 34.2 Å². The Balaban J connectivity index is 2.13. The molecule has 0 unspecified atom stereocenters. The molecule has 112 valence electrons. The van der Waals surface area contributed by atoms with Gasteiger partial charge in [0.15, 0.2) is 0 Å². The van der Waals surface area contributed by atoms with Crippen molar-refractivity contribution in [1.29, 1.82) is 0 Å². The van der Waals surface area contributed by atoms with Gasteiger partial charge in [0.2, 0.25) is 0 Å². The minimum atomic E-state index is 0.746. The number of aromatic nitrogens is 1. The molecule has 0 amide bonds. The average molecular weight is 284 g/mol. The average Bonchev–Trinajstić information content (AvgIpc) is 2.97. The SMILES string of the molecule is CCCNc1c2c(nc3c(CCOC)cccc13)CCC2. The molecular formula is C18H24N2O. The zero-order valence-electron chi connectivity index (χ0n) is 13.0.